The second-order valence-electron chi connectivity index (χ2n) is 2.98. The standard InChI is InChI=1S/C11H12BrO/c1-4-9-7-10(12)5-6-11(9)13-8(2)3/h5-8H,1H2,2-3H3. The topological polar surface area (TPSA) is 9.23 Å². The molecule has 1 aromatic carbocycles. The van der Waals surface area contributed by atoms with Crippen LogP contribution in [0, 0.1) is 6.08 Å². The van der Waals surface area contributed by atoms with Crippen molar-refractivity contribution in [3.63, 3.8) is 0 Å². The van der Waals surface area contributed by atoms with E-state index < -0.39 is 0 Å². The zero-order valence-electron chi connectivity index (χ0n) is 7.80. The van der Waals surface area contributed by atoms with Crippen molar-refractivity contribution in [2.75, 3.05) is 0 Å². The van der Waals surface area contributed by atoms with Gasteiger partial charge in [-0.25, -0.2) is 0 Å². The van der Waals surface area contributed by atoms with E-state index in [0.29, 0.717) is 0 Å². The van der Waals surface area contributed by atoms with Crippen molar-refractivity contribution in [1.29, 1.82) is 0 Å². The van der Waals surface area contributed by atoms with Crippen molar-refractivity contribution in [1.82, 2.24) is 0 Å². The van der Waals surface area contributed by atoms with Crippen molar-refractivity contribution >= 4 is 15.9 Å². The van der Waals surface area contributed by atoms with Crippen LogP contribution < -0.4 is 4.74 Å². The van der Waals surface area contributed by atoms with Crippen molar-refractivity contribution in [2.24, 2.45) is 0 Å². The molecule has 0 N–H and O–H groups in total. The summed E-state index contributed by atoms with van der Waals surface area (Å²) in [7, 11) is 0. The van der Waals surface area contributed by atoms with Crippen LogP contribution >= 0.6 is 15.9 Å². The van der Waals surface area contributed by atoms with Gasteiger partial charge in [0.25, 0.3) is 0 Å². The Morgan fingerprint density at radius 2 is 2.15 bits per heavy atom. The van der Waals surface area contributed by atoms with E-state index >= 15 is 0 Å². The second kappa shape index (κ2) is 4.47. The first-order chi connectivity index (χ1) is 6.13. The minimum atomic E-state index is 0.174. The highest BCUT2D eigenvalue weighted by Gasteiger charge is 2.03. The summed E-state index contributed by atoms with van der Waals surface area (Å²) in [4.78, 5) is 0. The summed E-state index contributed by atoms with van der Waals surface area (Å²) in [6.45, 7) is 7.60. The second-order valence-corrected chi connectivity index (χ2v) is 3.90. The van der Waals surface area contributed by atoms with Crippen LogP contribution in [0.4, 0.5) is 0 Å². The van der Waals surface area contributed by atoms with Crippen molar-refractivity contribution in [3.05, 3.63) is 40.9 Å². The molecule has 2 heteroatoms. The third-order valence-electron chi connectivity index (χ3n) is 1.49. The molecule has 0 spiro atoms. The van der Waals surface area contributed by atoms with Gasteiger partial charge in [-0.05, 0) is 38.1 Å². The average molecular weight is 240 g/mol. The number of ether oxygens (including phenoxy) is 1. The Morgan fingerprint density at radius 3 is 2.69 bits per heavy atom. The Kier molecular flexibility index (Phi) is 3.55. The van der Waals surface area contributed by atoms with E-state index in [1.54, 1.807) is 0 Å². The molecule has 0 saturated heterocycles. The van der Waals surface area contributed by atoms with E-state index in [1.165, 1.54) is 0 Å². The number of hydrogen-bond acceptors (Lipinski definition) is 1. The lowest BCUT2D eigenvalue weighted by molar-refractivity contribution is 0.241. The Hall–Kier alpha value is -0.760. The molecule has 0 aliphatic carbocycles. The predicted molar refractivity (Wildman–Crippen MR) is 57.9 cm³/mol. The molecule has 1 rings (SSSR count). The van der Waals surface area contributed by atoms with E-state index in [-0.39, 0.29) is 6.10 Å². The number of rotatable bonds is 3. The molecule has 0 fully saturated rings. The van der Waals surface area contributed by atoms with E-state index in [4.69, 9.17) is 4.74 Å². The minimum Gasteiger partial charge on any atom is -0.490 e. The lowest BCUT2D eigenvalue weighted by Crippen LogP contribution is -2.06. The van der Waals surface area contributed by atoms with Crippen LogP contribution in [0.25, 0.3) is 0 Å². The Balaban J connectivity index is 2.99. The molecule has 0 aliphatic heterocycles. The maximum absolute atomic E-state index is 5.57. The molecular weight excluding hydrogens is 228 g/mol. The molecular formula is C11H12BrO. The van der Waals surface area contributed by atoms with Gasteiger partial charge in [-0.2, -0.15) is 0 Å². The van der Waals surface area contributed by atoms with Gasteiger partial charge in [0, 0.05) is 10.0 Å². The number of halogens is 1. The predicted octanol–water partition coefficient (Wildman–Crippen LogP) is 3.57. The lowest BCUT2D eigenvalue weighted by Gasteiger charge is -2.12. The third-order valence-corrected chi connectivity index (χ3v) is 1.99. The van der Waals surface area contributed by atoms with Gasteiger partial charge in [-0.15, -0.1) is 0 Å². The molecule has 0 atom stereocenters. The maximum atomic E-state index is 5.57. The summed E-state index contributed by atoms with van der Waals surface area (Å²) in [5, 5.41) is 0. The zero-order chi connectivity index (χ0) is 9.84. The minimum absolute atomic E-state index is 0.174. The smallest absolute Gasteiger partial charge is 0.127 e. The average Bonchev–Trinajstić information content (AvgIpc) is 2.07. The molecule has 0 aliphatic rings. The molecule has 1 radical (unpaired) electrons. The van der Waals surface area contributed by atoms with Crippen LogP contribution in [0.3, 0.4) is 0 Å². The number of hydrogen-bond donors (Lipinski definition) is 0. The summed E-state index contributed by atoms with van der Waals surface area (Å²) in [6.07, 6.45) is 3.01. The molecule has 1 aromatic rings. The molecule has 0 unspecified atom stereocenters. The van der Waals surface area contributed by atoms with Gasteiger partial charge in [-0.1, -0.05) is 22.5 Å². The van der Waals surface area contributed by atoms with Crippen molar-refractivity contribution in [2.45, 2.75) is 20.0 Å². The summed E-state index contributed by atoms with van der Waals surface area (Å²) >= 11 is 3.38. The number of benzene rings is 1. The van der Waals surface area contributed by atoms with Crippen LogP contribution in [0.1, 0.15) is 19.4 Å². The third kappa shape index (κ3) is 2.88. The van der Waals surface area contributed by atoms with Gasteiger partial charge >= 0.3 is 0 Å². The van der Waals surface area contributed by atoms with Crippen LogP contribution in [-0.2, 0) is 0 Å². The fourth-order valence-corrected chi connectivity index (χ4v) is 1.36. The molecule has 69 valence electrons. The largest absolute Gasteiger partial charge is 0.490 e. The molecule has 0 bridgehead atoms. The van der Waals surface area contributed by atoms with E-state index in [2.05, 4.69) is 28.6 Å². The normalized spacial score (nSPS) is 10.2. The SMILES string of the molecule is C=[C]c1cc(Br)ccc1OC(C)C. The fourth-order valence-electron chi connectivity index (χ4n) is 0.997. The molecule has 0 heterocycles. The molecule has 0 aromatic heterocycles. The maximum Gasteiger partial charge on any atom is 0.127 e. The Morgan fingerprint density at radius 1 is 1.46 bits per heavy atom. The molecule has 0 saturated carbocycles. The Labute approximate surface area is 87.5 Å². The van der Waals surface area contributed by atoms with Crippen molar-refractivity contribution in [3.8, 4) is 5.75 Å². The van der Waals surface area contributed by atoms with Crippen LogP contribution in [0.5, 0.6) is 5.75 Å². The summed E-state index contributed by atoms with van der Waals surface area (Å²) in [5.74, 6) is 0.827. The first-order valence-electron chi connectivity index (χ1n) is 4.13. The summed E-state index contributed by atoms with van der Waals surface area (Å²) in [6, 6.07) is 5.79. The van der Waals surface area contributed by atoms with Gasteiger partial charge in [-0.3, -0.25) is 0 Å². The first-order valence-corrected chi connectivity index (χ1v) is 4.92. The van der Waals surface area contributed by atoms with Crippen LogP contribution in [0.2, 0.25) is 0 Å². The zero-order valence-corrected chi connectivity index (χ0v) is 9.39. The molecule has 13 heavy (non-hydrogen) atoms. The van der Waals surface area contributed by atoms with Gasteiger partial charge in [0.05, 0.1) is 6.10 Å². The monoisotopic (exact) mass is 239 g/mol. The van der Waals surface area contributed by atoms with Gasteiger partial charge in [0.2, 0.25) is 0 Å². The Bertz CT molecular complexity index is 305. The van der Waals surface area contributed by atoms with Crippen LogP contribution in [-0.4, -0.2) is 6.10 Å². The highest BCUT2D eigenvalue weighted by molar-refractivity contribution is 9.10. The quantitative estimate of drug-likeness (QED) is 0.784. The lowest BCUT2D eigenvalue weighted by atomic mass is 10.2. The molecule has 1 nitrogen and oxygen atoms in total. The molecule has 0 amide bonds. The van der Waals surface area contributed by atoms with Crippen LogP contribution in [0.15, 0.2) is 29.3 Å². The van der Waals surface area contributed by atoms with Gasteiger partial charge in [0.1, 0.15) is 5.75 Å². The van der Waals surface area contributed by atoms with E-state index in [1.807, 2.05) is 32.0 Å². The van der Waals surface area contributed by atoms with E-state index in [9.17, 15) is 0 Å². The highest BCUT2D eigenvalue weighted by Crippen LogP contribution is 2.23. The van der Waals surface area contributed by atoms with Crippen molar-refractivity contribution < 1.29 is 4.74 Å². The summed E-state index contributed by atoms with van der Waals surface area (Å²) in [5.41, 5.74) is 0.892. The van der Waals surface area contributed by atoms with E-state index in [0.717, 1.165) is 15.8 Å². The van der Waals surface area contributed by atoms with Gasteiger partial charge in [0.15, 0.2) is 0 Å². The van der Waals surface area contributed by atoms with Gasteiger partial charge < -0.3 is 4.74 Å². The fraction of sp³-hybridized carbons (Fsp3) is 0.273. The summed E-state index contributed by atoms with van der Waals surface area (Å²) < 4.78 is 6.58. The first kappa shape index (κ1) is 10.3. The highest BCUT2D eigenvalue weighted by atomic mass is 79.9.